The third kappa shape index (κ3) is 6.34. The average molecular weight is 185 g/mol. The summed E-state index contributed by atoms with van der Waals surface area (Å²) >= 11 is 0. The second-order valence-corrected chi connectivity index (χ2v) is 4.18. The van der Waals surface area contributed by atoms with Crippen LogP contribution < -0.4 is 0 Å². The zero-order chi connectivity index (χ0) is 10.5. The van der Waals surface area contributed by atoms with Crippen LogP contribution in [0, 0.1) is 5.41 Å². The number of likely N-dealkylation sites (N-methyl/N-ethyl adjacent to an activating group) is 1. The van der Waals surface area contributed by atoms with Crippen molar-refractivity contribution in [3.63, 3.8) is 0 Å². The lowest BCUT2D eigenvalue weighted by Gasteiger charge is -2.15. The number of hydrogen-bond acceptors (Lipinski definition) is 2. The highest BCUT2D eigenvalue weighted by atomic mass is 16.3. The SMILES string of the molecule is CN(CCO)C(=O)/C=C/C(C)(C)C. The Balaban J connectivity index is 4.07. The highest BCUT2D eigenvalue weighted by Crippen LogP contribution is 2.14. The van der Waals surface area contributed by atoms with E-state index in [1.54, 1.807) is 13.1 Å². The number of aliphatic hydroxyl groups excluding tert-OH is 1. The molecule has 0 aromatic carbocycles. The lowest BCUT2D eigenvalue weighted by Crippen LogP contribution is -2.28. The summed E-state index contributed by atoms with van der Waals surface area (Å²) in [5.41, 5.74) is 0.0235. The zero-order valence-corrected chi connectivity index (χ0v) is 8.87. The molecule has 0 bridgehead atoms. The van der Waals surface area contributed by atoms with E-state index in [0.717, 1.165) is 0 Å². The molecule has 76 valence electrons. The fraction of sp³-hybridized carbons (Fsp3) is 0.700. The van der Waals surface area contributed by atoms with E-state index in [1.165, 1.54) is 4.90 Å². The van der Waals surface area contributed by atoms with Crippen LogP contribution in [-0.4, -0.2) is 36.1 Å². The van der Waals surface area contributed by atoms with E-state index in [-0.39, 0.29) is 17.9 Å². The van der Waals surface area contributed by atoms with E-state index in [9.17, 15) is 4.79 Å². The van der Waals surface area contributed by atoms with Crippen molar-refractivity contribution in [2.75, 3.05) is 20.2 Å². The molecule has 0 aliphatic rings. The summed E-state index contributed by atoms with van der Waals surface area (Å²) in [7, 11) is 1.67. The molecule has 0 aromatic heterocycles. The van der Waals surface area contributed by atoms with Gasteiger partial charge in [-0.05, 0) is 11.5 Å². The van der Waals surface area contributed by atoms with E-state index in [1.807, 2.05) is 26.8 Å². The summed E-state index contributed by atoms with van der Waals surface area (Å²) in [6, 6.07) is 0. The van der Waals surface area contributed by atoms with Gasteiger partial charge < -0.3 is 10.0 Å². The Hall–Kier alpha value is -0.830. The van der Waals surface area contributed by atoms with Crippen LogP contribution in [0.5, 0.6) is 0 Å². The van der Waals surface area contributed by atoms with Crippen molar-refractivity contribution in [2.45, 2.75) is 20.8 Å². The molecule has 3 heteroatoms. The highest BCUT2D eigenvalue weighted by molar-refractivity contribution is 5.87. The largest absolute Gasteiger partial charge is 0.395 e. The van der Waals surface area contributed by atoms with Crippen molar-refractivity contribution in [1.29, 1.82) is 0 Å². The molecule has 0 aliphatic carbocycles. The predicted molar refractivity (Wildman–Crippen MR) is 53.3 cm³/mol. The average Bonchev–Trinajstić information content (AvgIpc) is 1.99. The van der Waals surface area contributed by atoms with E-state index in [2.05, 4.69) is 0 Å². The molecule has 0 radical (unpaired) electrons. The van der Waals surface area contributed by atoms with Gasteiger partial charge in [-0.1, -0.05) is 26.8 Å². The van der Waals surface area contributed by atoms with Gasteiger partial charge in [0.15, 0.2) is 0 Å². The molecule has 0 unspecified atom stereocenters. The standard InChI is InChI=1S/C10H19NO2/c1-10(2,3)6-5-9(13)11(4)7-8-12/h5-6,12H,7-8H2,1-4H3/b6-5+. The van der Waals surface area contributed by atoms with E-state index in [4.69, 9.17) is 5.11 Å². The van der Waals surface area contributed by atoms with Gasteiger partial charge in [-0.15, -0.1) is 0 Å². The summed E-state index contributed by atoms with van der Waals surface area (Å²) in [5.74, 6) is -0.0658. The Morgan fingerprint density at radius 2 is 2.00 bits per heavy atom. The fourth-order valence-electron chi connectivity index (χ4n) is 0.709. The van der Waals surface area contributed by atoms with Crippen LogP contribution in [0.2, 0.25) is 0 Å². The van der Waals surface area contributed by atoms with Gasteiger partial charge in [0.25, 0.3) is 0 Å². The third-order valence-electron chi connectivity index (χ3n) is 1.54. The van der Waals surface area contributed by atoms with Crippen LogP contribution in [0.4, 0.5) is 0 Å². The first-order chi connectivity index (χ1) is 5.87. The topological polar surface area (TPSA) is 40.5 Å². The minimum absolute atomic E-state index is 0.00555. The summed E-state index contributed by atoms with van der Waals surface area (Å²) < 4.78 is 0. The number of nitrogens with zero attached hydrogens (tertiary/aromatic N) is 1. The number of aliphatic hydroxyl groups is 1. The summed E-state index contributed by atoms with van der Waals surface area (Å²) in [6.45, 7) is 6.48. The summed E-state index contributed by atoms with van der Waals surface area (Å²) in [5, 5.41) is 8.60. The first-order valence-electron chi connectivity index (χ1n) is 4.42. The molecule has 0 aromatic rings. The smallest absolute Gasteiger partial charge is 0.246 e. The first kappa shape index (κ1) is 12.2. The lowest BCUT2D eigenvalue weighted by atomic mass is 9.96. The minimum Gasteiger partial charge on any atom is -0.395 e. The van der Waals surface area contributed by atoms with Crippen molar-refractivity contribution < 1.29 is 9.90 Å². The molecule has 0 spiro atoms. The fourth-order valence-corrected chi connectivity index (χ4v) is 0.709. The zero-order valence-electron chi connectivity index (χ0n) is 8.87. The van der Waals surface area contributed by atoms with Crippen molar-refractivity contribution >= 4 is 5.91 Å². The molecule has 0 atom stereocenters. The van der Waals surface area contributed by atoms with Crippen molar-refractivity contribution in [3.8, 4) is 0 Å². The third-order valence-corrected chi connectivity index (χ3v) is 1.54. The van der Waals surface area contributed by atoms with Gasteiger partial charge in [-0.25, -0.2) is 0 Å². The molecular formula is C10H19NO2. The summed E-state index contributed by atoms with van der Waals surface area (Å²) in [4.78, 5) is 12.8. The lowest BCUT2D eigenvalue weighted by molar-refractivity contribution is -0.125. The van der Waals surface area contributed by atoms with Crippen LogP contribution in [0.1, 0.15) is 20.8 Å². The number of allylic oxidation sites excluding steroid dienone is 1. The number of carbonyl (C=O) groups excluding carboxylic acids is 1. The van der Waals surface area contributed by atoms with Gasteiger partial charge in [-0.2, -0.15) is 0 Å². The molecule has 0 saturated carbocycles. The Morgan fingerprint density at radius 1 is 1.46 bits per heavy atom. The quantitative estimate of drug-likeness (QED) is 0.667. The number of rotatable bonds is 3. The van der Waals surface area contributed by atoms with Gasteiger partial charge in [0, 0.05) is 13.6 Å². The maximum absolute atomic E-state index is 11.3. The highest BCUT2D eigenvalue weighted by Gasteiger charge is 2.07. The second kappa shape index (κ2) is 5.02. The van der Waals surface area contributed by atoms with Crippen molar-refractivity contribution in [1.82, 2.24) is 4.90 Å². The maximum atomic E-state index is 11.3. The molecule has 1 N–H and O–H groups in total. The molecule has 1 amide bonds. The molecular weight excluding hydrogens is 166 g/mol. The Kier molecular flexibility index (Phi) is 4.70. The van der Waals surface area contributed by atoms with Crippen LogP contribution in [0.3, 0.4) is 0 Å². The van der Waals surface area contributed by atoms with Gasteiger partial charge in [0.2, 0.25) is 5.91 Å². The number of hydrogen-bond donors (Lipinski definition) is 1. The monoisotopic (exact) mass is 185 g/mol. The van der Waals surface area contributed by atoms with Crippen LogP contribution in [0.15, 0.2) is 12.2 Å². The maximum Gasteiger partial charge on any atom is 0.246 e. The number of carbonyl (C=O) groups is 1. The van der Waals surface area contributed by atoms with Gasteiger partial charge in [0.05, 0.1) is 6.61 Å². The van der Waals surface area contributed by atoms with Crippen molar-refractivity contribution in [3.05, 3.63) is 12.2 Å². The van der Waals surface area contributed by atoms with E-state index in [0.29, 0.717) is 6.54 Å². The van der Waals surface area contributed by atoms with Gasteiger partial charge in [-0.3, -0.25) is 4.79 Å². The Morgan fingerprint density at radius 3 is 2.38 bits per heavy atom. The molecule has 0 saturated heterocycles. The van der Waals surface area contributed by atoms with Crippen LogP contribution in [0.25, 0.3) is 0 Å². The summed E-state index contributed by atoms with van der Waals surface area (Å²) in [6.07, 6.45) is 3.42. The minimum atomic E-state index is -0.0658. The van der Waals surface area contributed by atoms with Gasteiger partial charge >= 0.3 is 0 Å². The molecule has 0 aliphatic heterocycles. The van der Waals surface area contributed by atoms with Crippen LogP contribution in [-0.2, 0) is 4.79 Å². The first-order valence-corrected chi connectivity index (χ1v) is 4.42. The number of amides is 1. The molecule has 0 rings (SSSR count). The molecule has 3 nitrogen and oxygen atoms in total. The molecule has 0 fully saturated rings. The van der Waals surface area contributed by atoms with E-state index < -0.39 is 0 Å². The molecule has 0 heterocycles. The van der Waals surface area contributed by atoms with Gasteiger partial charge in [0.1, 0.15) is 0 Å². The Labute approximate surface area is 80.0 Å². The van der Waals surface area contributed by atoms with E-state index >= 15 is 0 Å². The Bertz CT molecular complexity index is 192. The predicted octanol–water partition coefficient (Wildman–Crippen LogP) is 1.04. The normalized spacial score (nSPS) is 12.1. The van der Waals surface area contributed by atoms with Crippen LogP contribution >= 0.6 is 0 Å². The molecule has 13 heavy (non-hydrogen) atoms. The second-order valence-electron chi connectivity index (χ2n) is 4.18. The van der Waals surface area contributed by atoms with Crippen molar-refractivity contribution in [2.24, 2.45) is 5.41 Å².